The number of nitrogens with zero attached hydrogens (tertiary/aromatic N) is 3. The van der Waals surface area contributed by atoms with Gasteiger partial charge in [0.25, 0.3) is 15.7 Å². The van der Waals surface area contributed by atoms with Crippen LogP contribution in [0.25, 0.3) is 11.4 Å². The van der Waals surface area contributed by atoms with E-state index >= 15 is 0 Å². The zero-order valence-electron chi connectivity index (χ0n) is 11.7. The number of aromatic nitrogens is 2. The van der Waals surface area contributed by atoms with Crippen molar-refractivity contribution in [3.05, 3.63) is 45.1 Å². The van der Waals surface area contributed by atoms with E-state index in [1.165, 1.54) is 29.5 Å². The van der Waals surface area contributed by atoms with Crippen molar-refractivity contribution >= 4 is 48.6 Å². The predicted octanol–water partition coefficient (Wildman–Crippen LogP) is 2.56. The Morgan fingerprint density at radius 2 is 1.88 bits per heavy atom. The van der Waals surface area contributed by atoms with Crippen LogP contribution in [0.5, 0.6) is 0 Å². The van der Waals surface area contributed by atoms with Gasteiger partial charge in [0, 0.05) is 22.9 Å². The van der Waals surface area contributed by atoms with Crippen molar-refractivity contribution in [1.82, 2.24) is 9.97 Å². The third-order valence-electron chi connectivity index (χ3n) is 2.85. The maximum absolute atomic E-state index is 12.3. The number of nitrogens with two attached hydrogens (primary N) is 1. The highest BCUT2D eigenvalue weighted by molar-refractivity contribution is 7.93. The summed E-state index contributed by atoms with van der Waals surface area (Å²) in [6, 6.07) is 4.77. The molecule has 3 rings (SSSR count). The van der Waals surface area contributed by atoms with Crippen LogP contribution in [0.4, 0.5) is 16.0 Å². The molecule has 0 bridgehead atoms. The number of nitrogens with one attached hydrogen (secondary N) is 1. The number of benzene rings is 1. The van der Waals surface area contributed by atoms with Crippen LogP contribution in [0.15, 0.2) is 39.9 Å². The molecule has 12 heteroatoms. The lowest BCUT2D eigenvalue weighted by Crippen LogP contribution is -2.13. The Hall–Kier alpha value is -2.57. The maximum Gasteiger partial charge on any atom is 0.270 e. The summed E-state index contributed by atoms with van der Waals surface area (Å²) in [6.45, 7) is 0. The first-order valence-corrected chi connectivity index (χ1v) is 9.53. The normalized spacial score (nSPS) is 11.3. The molecule has 0 fully saturated rings. The lowest BCUT2D eigenvalue weighted by atomic mass is 10.3. The fourth-order valence-corrected chi connectivity index (χ4v) is 4.33. The minimum atomic E-state index is -3.98. The molecule has 0 atom stereocenters. The van der Waals surface area contributed by atoms with Gasteiger partial charge in [-0.1, -0.05) is 6.07 Å². The minimum Gasteiger partial charge on any atom is -0.375 e. The first-order valence-electron chi connectivity index (χ1n) is 6.29. The lowest BCUT2D eigenvalue weighted by molar-refractivity contribution is -0.385. The Balaban J connectivity index is 1.86. The zero-order chi connectivity index (χ0) is 17.3. The number of nitro groups is 1. The van der Waals surface area contributed by atoms with Gasteiger partial charge in [-0.05, 0) is 6.07 Å². The van der Waals surface area contributed by atoms with Gasteiger partial charge in [-0.2, -0.15) is 0 Å². The molecule has 9 nitrogen and oxygen atoms in total. The van der Waals surface area contributed by atoms with Crippen LogP contribution in [0.3, 0.4) is 0 Å². The van der Waals surface area contributed by atoms with Crippen molar-refractivity contribution in [3.63, 3.8) is 0 Å². The van der Waals surface area contributed by atoms with Crippen molar-refractivity contribution in [1.29, 1.82) is 0 Å². The topological polar surface area (TPSA) is 141 Å². The molecule has 24 heavy (non-hydrogen) atoms. The van der Waals surface area contributed by atoms with Crippen LogP contribution >= 0.6 is 22.7 Å². The van der Waals surface area contributed by atoms with Crippen molar-refractivity contribution in [2.24, 2.45) is 0 Å². The van der Waals surface area contributed by atoms with Crippen molar-refractivity contribution in [3.8, 4) is 11.4 Å². The standard InChI is InChI=1S/C12H9N5O4S3/c13-11-14-9(5-22-11)10-6-23-12(15-10)16-24(20,21)8-3-1-2-7(4-8)17(18)19/h1-6H,(H2,13,14)(H,15,16). The van der Waals surface area contributed by atoms with E-state index < -0.39 is 14.9 Å². The highest BCUT2D eigenvalue weighted by Crippen LogP contribution is 2.28. The molecule has 0 saturated heterocycles. The van der Waals surface area contributed by atoms with Gasteiger partial charge in [0.1, 0.15) is 11.4 Å². The van der Waals surface area contributed by atoms with Crippen LogP contribution in [0.2, 0.25) is 0 Å². The van der Waals surface area contributed by atoms with E-state index in [1.54, 1.807) is 10.8 Å². The van der Waals surface area contributed by atoms with Crippen molar-refractivity contribution < 1.29 is 13.3 Å². The molecule has 2 aromatic heterocycles. The SMILES string of the molecule is Nc1nc(-c2csc(NS(=O)(=O)c3cccc([N+](=O)[O-])c3)n2)cs1. The van der Waals surface area contributed by atoms with E-state index in [-0.39, 0.29) is 15.7 Å². The monoisotopic (exact) mass is 383 g/mol. The van der Waals surface area contributed by atoms with E-state index in [2.05, 4.69) is 14.7 Å². The first-order chi connectivity index (χ1) is 11.3. The lowest BCUT2D eigenvalue weighted by Gasteiger charge is -2.04. The van der Waals surface area contributed by atoms with Crippen molar-refractivity contribution in [2.75, 3.05) is 10.5 Å². The smallest absolute Gasteiger partial charge is 0.270 e. The molecule has 0 aliphatic rings. The van der Waals surface area contributed by atoms with E-state index in [9.17, 15) is 18.5 Å². The van der Waals surface area contributed by atoms with E-state index in [4.69, 9.17) is 5.73 Å². The van der Waals surface area contributed by atoms with Crippen LogP contribution in [-0.2, 0) is 10.0 Å². The third-order valence-corrected chi connectivity index (χ3v) is 5.75. The molecule has 2 heterocycles. The number of hydrogen-bond donors (Lipinski definition) is 2. The summed E-state index contributed by atoms with van der Waals surface area (Å²) < 4.78 is 27.0. The number of hydrogen-bond acceptors (Lipinski definition) is 9. The first kappa shape index (κ1) is 16.3. The van der Waals surface area contributed by atoms with Gasteiger partial charge in [-0.15, -0.1) is 22.7 Å². The average Bonchev–Trinajstić information content (AvgIpc) is 3.16. The van der Waals surface area contributed by atoms with Gasteiger partial charge in [-0.25, -0.2) is 18.4 Å². The maximum atomic E-state index is 12.3. The summed E-state index contributed by atoms with van der Waals surface area (Å²) in [5.74, 6) is 0. The Kier molecular flexibility index (Phi) is 4.17. The number of thiazole rings is 2. The summed E-state index contributed by atoms with van der Waals surface area (Å²) in [5, 5.41) is 14.6. The van der Waals surface area contributed by atoms with Crippen molar-refractivity contribution in [2.45, 2.75) is 4.90 Å². The molecule has 0 amide bonds. The number of anilines is 2. The fourth-order valence-electron chi connectivity index (χ4n) is 1.78. The molecular formula is C12H9N5O4S3. The Bertz CT molecular complexity index is 1010. The van der Waals surface area contributed by atoms with Crippen LogP contribution in [0, 0.1) is 10.1 Å². The second-order valence-corrected chi connectivity index (χ2v) is 7.90. The second kappa shape index (κ2) is 6.14. The molecule has 0 unspecified atom stereocenters. The summed E-state index contributed by atoms with van der Waals surface area (Å²) in [5.41, 5.74) is 6.29. The Morgan fingerprint density at radius 1 is 1.17 bits per heavy atom. The van der Waals surface area contributed by atoms with E-state index in [0.29, 0.717) is 16.5 Å². The molecule has 0 radical (unpaired) electrons. The molecule has 0 aliphatic heterocycles. The molecule has 3 aromatic rings. The number of nitro benzene ring substituents is 1. The largest absolute Gasteiger partial charge is 0.375 e. The summed E-state index contributed by atoms with van der Waals surface area (Å²) in [4.78, 5) is 18.1. The Labute approximate surface area is 144 Å². The molecule has 0 spiro atoms. The number of rotatable bonds is 5. The third kappa shape index (κ3) is 3.34. The Morgan fingerprint density at radius 3 is 2.54 bits per heavy atom. The highest BCUT2D eigenvalue weighted by atomic mass is 32.2. The zero-order valence-corrected chi connectivity index (χ0v) is 14.2. The van der Waals surface area contributed by atoms with Gasteiger partial charge in [0.15, 0.2) is 10.3 Å². The van der Waals surface area contributed by atoms with Gasteiger partial charge < -0.3 is 5.73 Å². The summed E-state index contributed by atoms with van der Waals surface area (Å²) >= 11 is 2.33. The van der Waals surface area contributed by atoms with E-state index in [1.807, 2.05) is 0 Å². The molecule has 0 saturated carbocycles. The van der Waals surface area contributed by atoms with Gasteiger partial charge >= 0.3 is 0 Å². The fraction of sp³-hybridized carbons (Fsp3) is 0. The van der Waals surface area contributed by atoms with Crippen LogP contribution in [-0.4, -0.2) is 23.3 Å². The highest BCUT2D eigenvalue weighted by Gasteiger charge is 2.19. The number of nitrogen functional groups attached to an aromatic ring is 1. The van der Waals surface area contributed by atoms with Gasteiger partial charge in [0.05, 0.1) is 9.82 Å². The average molecular weight is 383 g/mol. The number of sulfonamides is 1. The molecular weight excluding hydrogens is 374 g/mol. The second-order valence-electron chi connectivity index (χ2n) is 4.47. The predicted molar refractivity (Wildman–Crippen MR) is 91.5 cm³/mol. The molecule has 3 N–H and O–H groups in total. The quantitative estimate of drug-likeness (QED) is 0.509. The number of non-ortho nitro benzene ring substituents is 1. The minimum absolute atomic E-state index is 0.128. The molecule has 124 valence electrons. The summed E-state index contributed by atoms with van der Waals surface area (Å²) in [7, 11) is -3.98. The van der Waals surface area contributed by atoms with E-state index in [0.717, 1.165) is 17.4 Å². The van der Waals surface area contributed by atoms with Crippen LogP contribution in [0.1, 0.15) is 0 Å². The van der Waals surface area contributed by atoms with Gasteiger partial charge in [0.2, 0.25) is 0 Å². The van der Waals surface area contributed by atoms with Crippen LogP contribution < -0.4 is 10.5 Å². The molecule has 1 aromatic carbocycles. The molecule has 0 aliphatic carbocycles. The van der Waals surface area contributed by atoms with Gasteiger partial charge in [-0.3, -0.25) is 14.8 Å². The summed E-state index contributed by atoms with van der Waals surface area (Å²) in [6.07, 6.45) is 0.